The molecule has 0 fully saturated rings. The van der Waals surface area contributed by atoms with Crippen LogP contribution in [0.2, 0.25) is 0 Å². The summed E-state index contributed by atoms with van der Waals surface area (Å²) >= 11 is 1.70. The Bertz CT molecular complexity index is 564. The van der Waals surface area contributed by atoms with Crippen molar-refractivity contribution in [3.63, 3.8) is 0 Å². The minimum absolute atomic E-state index is 0.0812. The summed E-state index contributed by atoms with van der Waals surface area (Å²) in [4.78, 5) is 12.4. The Morgan fingerprint density at radius 3 is 2.25 bits per heavy atom. The monoisotopic (exact) mass is 284 g/mol. The maximum atomic E-state index is 11.3. The van der Waals surface area contributed by atoms with E-state index in [1.54, 1.807) is 11.8 Å². The molecule has 2 aromatic carbocycles. The van der Waals surface area contributed by atoms with Crippen molar-refractivity contribution in [3.8, 4) is 0 Å². The first kappa shape index (κ1) is 14.4. The number of rotatable bonds is 5. The Balaban J connectivity index is 2.20. The van der Waals surface area contributed by atoms with Gasteiger partial charge in [-0.1, -0.05) is 54.6 Å². The lowest BCUT2D eigenvalue weighted by Crippen LogP contribution is -1.96. The third-order valence-electron chi connectivity index (χ3n) is 2.74. The number of methoxy groups -OCH3 is 1. The van der Waals surface area contributed by atoms with Crippen molar-refractivity contribution < 1.29 is 9.53 Å². The fourth-order valence-corrected chi connectivity index (χ4v) is 2.80. The molecule has 3 heteroatoms. The summed E-state index contributed by atoms with van der Waals surface area (Å²) in [5.41, 5.74) is 1.15. The first-order valence-corrected chi connectivity index (χ1v) is 7.20. The molecule has 0 aliphatic heterocycles. The number of carbonyl (C=O) groups is 1. The molecular formula is C17H16O2S. The summed E-state index contributed by atoms with van der Waals surface area (Å²) in [6.45, 7) is 0. The van der Waals surface area contributed by atoms with E-state index in [2.05, 4.69) is 29.0 Å². The largest absolute Gasteiger partial charge is 0.466 e. The molecule has 0 saturated carbocycles. The number of carbonyl (C=O) groups excluding carboxylic acids is 1. The van der Waals surface area contributed by atoms with Crippen molar-refractivity contribution in [2.24, 2.45) is 0 Å². The third-order valence-corrected chi connectivity index (χ3v) is 3.97. The molecule has 102 valence electrons. The Kier molecular flexibility index (Phi) is 5.44. The van der Waals surface area contributed by atoms with Crippen LogP contribution in [0.15, 0.2) is 77.7 Å². The van der Waals surface area contributed by atoms with Gasteiger partial charge in [0.05, 0.1) is 12.4 Å². The lowest BCUT2D eigenvalue weighted by Gasteiger charge is -2.12. The Hall–Kier alpha value is -2.00. The number of ether oxygens (including phenoxy) is 1. The summed E-state index contributed by atoms with van der Waals surface area (Å²) in [5.74, 6) is -0.334. The van der Waals surface area contributed by atoms with Crippen molar-refractivity contribution in [1.29, 1.82) is 0 Å². The quantitative estimate of drug-likeness (QED) is 0.466. The summed E-state index contributed by atoms with van der Waals surface area (Å²) in [5, 5.41) is 0.0812. The minimum atomic E-state index is -0.334. The predicted octanol–water partition coefficient (Wildman–Crippen LogP) is 4.25. The van der Waals surface area contributed by atoms with Gasteiger partial charge in [-0.25, -0.2) is 4.79 Å². The summed E-state index contributed by atoms with van der Waals surface area (Å²) in [6, 6.07) is 20.2. The van der Waals surface area contributed by atoms with E-state index in [0.717, 1.165) is 10.5 Å². The highest BCUT2D eigenvalue weighted by Crippen LogP contribution is 2.36. The normalized spacial score (nSPS) is 12.2. The van der Waals surface area contributed by atoms with Crippen LogP contribution in [-0.2, 0) is 9.53 Å². The highest BCUT2D eigenvalue weighted by molar-refractivity contribution is 7.99. The zero-order valence-electron chi connectivity index (χ0n) is 11.2. The van der Waals surface area contributed by atoms with E-state index in [9.17, 15) is 4.79 Å². The van der Waals surface area contributed by atoms with Crippen LogP contribution in [0.1, 0.15) is 10.8 Å². The summed E-state index contributed by atoms with van der Waals surface area (Å²) < 4.78 is 4.65. The molecule has 1 atom stereocenters. The topological polar surface area (TPSA) is 26.3 Å². The van der Waals surface area contributed by atoms with Gasteiger partial charge in [-0.15, -0.1) is 11.8 Å². The van der Waals surface area contributed by atoms with Crippen molar-refractivity contribution in [2.75, 3.05) is 7.11 Å². The Labute approximate surface area is 123 Å². The van der Waals surface area contributed by atoms with Gasteiger partial charge in [0.2, 0.25) is 0 Å². The SMILES string of the molecule is COC(=O)C=CC(Sc1ccccc1)c1ccccc1. The van der Waals surface area contributed by atoms with Gasteiger partial charge in [0.1, 0.15) is 0 Å². The lowest BCUT2D eigenvalue weighted by atomic mass is 10.1. The van der Waals surface area contributed by atoms with Crippen molar-refractivity contribution in [3.05, 3.63) is 78.4 Å². The van der Waals surface area contributed by atoms with E-state index in [4.69, 9.17) is 0 Å². The summed E-state index contributed by atoms with van der Waals surface area (Å²) in [7, 11) is 1.38. The zero-order chi connectivity index (χ0) is 14.2. The second kappa shape index (κ2) is 7.56. The number of esters is 1. The molecule has 0 aliphatic carbocycles. The average molecular weight is 284 g/mol. The van der Waals surface area contributed by atoms with Gasteiger partial charge in [0.25, 0.3) is 0 Å². The maximum Gasteiger partial charge on any atom is 0.330 e. The van der Waals surface area contributed by atoms with Crippen LogP contribution in [0.3, 0.4) is 0 Å². The molecule has 0 amide bonds. The van der Waals surface area contributed by atoms with Crippen LogP contribution in [0, 0.1) is 0 Å². The first-order valence-electron chi connectivity index (χ1n) is 6.32. The molecule has 0 aromatic heterocycles. The zero-order valence-corrected chi connectivity index (χ0v) is 12.0. The maximum absolute atomic E-state index is 11.3. The number of hydrogen-bond acceptors (Lipinski definition) is 3. The third kappa shape index (κ3) is 4.28. The molecule has 2 nitrogen and oxygen atoms in total. The molecule has 1 unspecified atom stereocenters. The van der Waals surface area contributed by atoms with Gasteiger partial charge in [-0.3, -0.25) is 0 Å². The van der Waals surface area contributed by atoms with Gasteiger partial charge in [-0.2, -0.15) is 0 Å². The van der Waals surface area contributed by atoms with Crippen molar-refractivity contribution in [1.82, 2.24) is 0 Å². The van der Waals surface area contributed by atoms with Crippen LogP contribution in [0.4, 0.5) is 0 Å². The Morgan fingerprint density at radius 2 is 1.65 bits per heavy atom. The smallest absolute Gasteiger partial charge is 0.330 e. The fourth-order valence-electron chi connectivity index (χ4n) is 1.74. The van der Waals surface area contributed by atoms with E-state index >= 15 is 0 Å². The number of thioether (sulfide) groups is 1. The second-order valence-electron chi connectivity index (χ2n) is 4.14. The van der Waals surface area contributed by atoms with Gasteiger partial charge in [0, 0.05) is 11.0 Å². The molecule has 0 aliphatic rings. The van der Waals surface area contributed by atoms with Gasteiger partial charge in [-0.05, 0) is 17.7 Å². The molecule has 0 bridgehead atoms. The molecule has 0 N–H and O–H groups in total. The van der Waals surface area contributed by atoms with Crippen molar-refractivity contribution >= 4 is 17.7 Å². The molecular weight excluding hydrogens is 268 g/mol. The number of benzene rings is 2. The highest BCUT2D eigenvalue weighted by atomic mass is 32.2. The van der Waals surface area contributed by atoms with Crippen molar-refractivity contribution in [2.45, 2.75) is 10.1 Å². The molecule has 0 radical (unpaired) electrons. The first-order chi connectivity index (χ1) is 9.79. The molecule has 20 heavy (non-hydrogen) atoms. The van der Waals surface area contributed by atoms with E-state index in [-0.39, 0.29) is 11.2 Å². The molecule has 0 heterocycles. The van der Waals surface area contributed by atoms with Crippen LogP contribution >= 0.6 is 11.8 Å². The van der Waals surface area contributed by atoms with E-state index in [1.165, 1.54) is 13.2 Å². The molecule has 2 aromatic rings. The molecule has 0 spiro atoms. The molecule has 2 rings (SSSR count). The van der Waals surface area contributed by atoms with Crippen LogP contribution in [0.25, 0.3) is 0 Å². The minimum Gasteiger partial charge on any atom is -0.466 e. The lowest BCUT2D eigenvalue weighted by molar-refractivity contribution is -0.134. The second-order valence-corrected chi connectivity index (χ2v) is 5.36. The van der Waals surface area contributed by atoms with Crippen LogP contribution < -0.4 is 0 Å². The highest BCUT2D eigenvalue weighted by Gasteiger charge is 2.10. The van der Waals surface area contributed by atoms with Crippen LogP contribution in [0.5, 0.6) is 0 Å². The summed E-state index contributed by atoms with van der Waals surface area (Å²) in [6.07, 6.45) is 3.35. The van der Waals surface area contributed by atoms with E-state index < -0.39 is 0 Å². The predicted molar refractivity (Wildman–Crippen MR) is 82.6 cm³/mol. The molecule has 0 saturated heterocycles. The number of hydrogen-bond donors (Lipinski definition) is 0. The average Bonchev–Trinajstić information content (AvgIpc) is 2.53. The standard InChI is InChI=1S/C17H16O2S/c1-19-17(18)13-12-16(14-8-4-2-5-9-14)20-15-10-6-3-7-11-15/h2-13,16H,1H3. The fraction of sp³-hybridized carbons (Fsp3) is 0.118. The van der Waals surface area contributed by atoms with Gasteiger partial charge < -0.3 is 4.74 Å². The van der Waals surface area contributed by atoms with Crippen LogP contribution in [-0.4, -0.2) is 13.1 Å². The van der Waals surface area contributed by atoms with Gasteiger partial charge in [0.15, 0.2) is 0 Å². The Morgan fingerprint density at radius 1 is 1.05 bits per heavy atom. The van der Waals surface area contributed by atoms with Gasteiger partial charge >= 0.3 is 5.97 Å². The van der Waals surface area contributed by atoms with E-state index in [1.807, 2.05) is 42.5 Å². The van der Waals surface area contributed by atoms with E-state index in [0.29, 0.717) is 0 Å².